The zero-order valence-corrected chi connectivity index (χ0v) is 15.2. The van der Waals surface area contributed by atoms with Crippen LogP contribution in [0.3, 0.4) is 0 Å². The normalized spacial score (nSPS) is 16.6. The highest BCUT2D eigenvalue weighted by Gasteiger charge is 2.24. The van der Waals surface area contributed by atoms with Crippen LogP contribution in [0.5, 0.6) is 5.75 Å². The Labute approximate surface area is 152 Å². The summed E-state index contributed by atoms with van der Waals surface area (Å²) in [6.07, 6.45) is 2.63. The molecule has 7 nitrogen and oxygen atoms in total. The average molecular weight is 375 g/mol. The second-order valence-electron chi connectivity index (χ2n) is 6.28. The predicted octanol–water partition coefficient (Wildman–Crippen LogP) is 1.73. The number of anilines is 1. The van der Waals surface area contributed by atoms with Crippen molar-refractivity contribution < 1.29 is 17.9 Å². The zero-order chi connectivity index (χ0) is 18.9. The first-order valence-corrected chi connectivity index (χ1v) is 9.74. The lowest BCUT2D eigenvalue weighted by molar-refractivity contribution is 0.0929. The van der Waals surface area contributed by atoms with E-state index in [0.717, 1.165) is 30.4 Å². The molecule has 3 rings (SSSR count). The van der Waals surface area contributed by atoms with E-state index in [1.54, 1.807) is 0 Å². The molecule has 0 bridgehead atoms. The third kappa shape index (κ3) is 3.66. The summed E-state index contributed by atoms with van der Waals surface area (Å²) in [5, 5.41) is 8.14. The Kier molecular flexibility index (Phi) is 4.88. The maximum absolute atomic E-state index is 12.8. The maximum Gasteiger partial charge on any atom is 0.255 e. The molecule has 0 aliphatic heterocycles. The monoisotopic (exact) mass is 375 g/mol. The number of benzene rings is 2. The largest absolute Gasteiger partial charge is 0.496 e. The number of rotatable bonds is 4. The number of sulfonamides is 1. The smallest absolute Gasteiger partial charge is 0.255 e. The molecule has 26 heavy (non-hydrogen) atoms. The summed E-state index contributed by atoms with van der Waals surface area (Å²) in [5.41, 5.74) is 8.81. The van der Waals surface area contributed by atoms with E-state index in [4.69, 9.17) is 15.6 Å². The van der Waals surface area contributed by atoms with Crippen LogP contribution < -0.4 is 20.9 Å². The molecule has 0 saturated heterocycles. The fourth-order valence-electron chi connectivity index (χ4n) is 3.26. The van der Waals surface area contributed by atoms with Gasteiger partial charge in [0.1, 0.15) is 5.75 Å². The van der Waals surface area contributed by atoms with Gasteiger partial charge in [-0.25, -0.2) is 13.6 Å². The van der Waals surface area contributed by atoms with Gasteiger partial charge < -0.3 is 15.8 Å². The Hall–Kier alpha value is -2.58. The maximum atomic E-state index is 12.8. The Bertz CT molecular complexity index is 957. The summed E-state index contributed by atoms with van der Waals surface area (Å²) < 4.78 is 28.4. The van der Waals surface area contributed by atoms with Crippen molar-refractivity contribution in [3.63, 3.8) is 0 Å². The van der Waals surface area contributed by atoms with Crippen LogP contribution >= 0.6 is 0 Å². The van der Waals surface area contributed by atoms with Gasteiger partial charge in [-0.3, -0.25) is 4.79 Å². The van der Waals surface area contributed by atoms with E-state index >= 15 is 0 Å². The van der Waals surface area contributed by atoms with Crippen LogP contribution in [0, 0.1) is 0 Å². The SMILES string of the molecule is COc1ccc(S(N)(=O)=O)cc1C(=O)NC1CCCc2cc(N)ccc21. The molecule has 5 N–H and O–H groups in total. The van der Waals surface area contributed by atoms with Gasteiger partial charge >= 0.3 is 0 Å². The van der Waals surface area contributed by atoms with Gasteiger partial charge in [0.05, 0.1) is 23.6 Å². The highest BCUT2D eigenvalue weighted by Crippen LogP contribution is 2.32. The van der Waals surface area contributed by atoms with Crippen molar-refractivity contribution in [3.05, 3.63) is 53.1 Å². The van der Waals surface area contributed by atoms with Gasteiger partial charge in [-0.1, -0.05) is 6.07 Å². The number of hydrogen-bond donors (Lipinski definition) is 3. The molecule has 0 saturated carbocycles. The lowest BCUT2D eigenvalue weighted by Crippen LogP contribution is -2.31. The molecule has 1 amide bonds. The number of fused-ring (bicyclic) bond motifs is 1. The second-order valence-corrected chi connectivity index (χ2v) is 7.85. The van der Waals surface area contributed by atoms with Gasteiger partial charge in [-0.2, -0.15) is 0 Å². The number of carbonyl (C=O) groups is 1. The number of nitrogens with two attached hydrogens (primary N) is 2. The van der Waals surface area contributed by atoms with E-state index in [1.165, 1.54) is 25.3 Å². The molecule has 0 aromatic heterocycles. The van der Waals surface area contributed by atoms with Gasteiger partial charge in [0.15, 0.2) is 0 Å². The number of ether oxygens (including phenoxy) is 1. The highest BCUT2D eigenvalue weighted by molar-refractivity contribution is 7.89. The van der Waals surface area contributed by atoms with E-state index in [2.05, 4.69) is 5.32 Å². The zero-order valence-electron chi connectivity index (χ0n) is 14.4. The number of aryl methyl sites for hydroxylation is 1. The summed E-state index contributed by atoms with van der Waals surface area (Å²) >= 11 is 0. The minimum absolute atomic E-state index is 0.126. The number of methoxy groups -OCH3 is 1. The molecular formula is C18H21N3O4S. The van der Waals surface area contributed by atoms with Crippen molar-refractivity contribution in [1.29, 1.82) is 0 Å². The van der Waals surface area contributed by atoms with Crippen molar-refractivity contribution >= 4 is 21.6 Å². The van der Waals surface area contributed by atoms with Crippen LogP contribution in [0.2, 0.25) is 0 Å². The second kappa shape index (κ2) is 6.97. The Morgan fingerprint density at radius 3 is 2.69 bits per heavy atom. The topological polar surface area (TPSA) is 125 Å². The van der Waals surface area contributed by atoms with Gasteiger partial charge in [0.25, 0.3) is 5.91 Å². The first kappa shape index (κ1) is 18.2. The van der Waals surface area contributed by atoms with Crippen LogP contribution in [-0.2, 0) is 16.4 Å². The van der Waals surface area contributed by atoms with Gasteiger partial charge in [-0.15, -0.1) is 0 Å². The highest BCUT2D eigenvalue weighted by atomic mass is 32.2. The standard InChI is InChI=1S/C18H21N3O4S/c1-25-17-8-6-13(26(20,23)24)10-15(17)18(22)21-16-4-2-3-11-9-12(19)5-7-14(11)16/h5-10,16H,2-4,19H2,1H3,(H,21,22)(H2,20,23,24). The number of nitrogen functional groups attached to an aromatic ring is 1. The summed E-state index contributed by atoms with van der Waals surface area (Å²) in [5.74, 6) is -0.134. The van der Waals surface area contributed by atoms with E-state index in [9.17, 15) is 13.2 Å². The van der Waals surface area contributed by atoms with Crippen LogP contribution in [-0.4, -0.2) is 21.4 Å². The Morgan fingerprint density at radius 2 is 2.00 bits per heavy atom. The van der Waals surface area contributed by atoms with Crippen LogP contribution in [0.4, 0.5) is 5.69 Å². The van der Waals surface area contributed by atoms with E-state index in [-0.39, 0.29) is 22.3 Å². The van der Waals surface area contributed by atoms with E-state index in [1.807, 2.05) is 18.2 Å². The summed E-state index contributed by atoms with van der Waals surface area (Å²) in [4.78, 5) is 12.7. The van der Waals surface area contributed by atoms with Crippen molar-refractivity contribution in [1.82, 2.24) is 5.32 Å². The van der Waals surface area contributed by atoms with Crippen LogP contribution in [0.25, 0.3) is 0 Å². The third-order valence-electron chi connectivity index (χ3n) is 4.53. The minimum Gasteiger partial charge on any atom is -0.496 e. The molecule has 1 unspecified atom stereocenters. The molecule has 0 spiro atoms. The van der Waals surface area contributed by atoms with E-state index in [0.29, 0.717) is 5.69 Å². The number of primary sulfonamides is 1. The molecule has 0 radical (unpaired) electrons. The van der Waals surface area contributed by atoms with Crippen LogP contribution in [0.1, 0.15) is 40.4 Å². The Morgan fingerprint density at radius 1 is 1.23 bits per heavy atom. The molecule has 8 heteroatoms. The average Bonchev–Trinajstić information content (AvgIpc) is 2.60. The lowest BCUT2D eigenvalue weighted by atomic mass is 9.87. The predicted molar refractivity (Wildman–Crippen MR) is 98.4 cm³/mol. The molecule has 2 aromatic carbocycles. The molecule has 2 aromatic rings. The first-order valence-electron chi connectivity index (χ1n) is 8.19. The fourth-order valence-corrected chi connectivity index (χ4v) is 3.80. The molecule has 1 atom stereocenters. The fraction of sp³-hybridized carbons (Fsp3) is 0.278. The first-order chi connectivity index (χ1) is 12.3. The molecule has 0 heterocycles. The minimum atomic E-state index is -3.92. The summed E-state index contributed by atoms with van der Waals surface area (Å²) in [7, 11) is -2.50. The van der Waals surface area contributed by atoms with Crippen molar-refractivity contribution in [2.45, 2.75) is 30.2 Å². The number of nitrogens with one attached hydrogen (secondary N) is 1. The number of hydrogen-bond acceptors (Lipinski definition) is 5. The van der Waals surface area contributed by atoms with Crippen molar-refractivity contribution in [2.75, 3.05) is 12.8 Å². The summed E-state index contributed by atoms with van der Waals surface area (Å²) in [6, 6.07) is 9.45. The Balaban J connectivity index is 1.92. The molecule has 1 aliphatic rings. The third-order valence-corrected chi connectivity index (χ3v) is 5.44. The quantitative estimate of drug-likeness (QED) is 0.702. The number of amides is 1. The van der Waals surface area contributed by atoms with Gasteiger partial charge in [0.2, 0.25) is 10.0 Å². The van der Waals surface area contributed by atoms with Crippen molar-refractivity contribution in [2.24, 2.45) is 5.14 Å². The van der Waals surface area contributed by atoms with Gasteiger partial charge in [-0.05, 0) is 60.7 Å². The molecule has 1 aliphatic carbocycles. The van der Waals surface area contributed by atoms with Crippen molar-refractivity contribution in [3.8, 4) is 5.75 Å². The van der Waals surface area contributed by atoms with Crippen LogP contribution in [0.15, 0.2) is 41.3 Å². The lowest BCUT2D eigenvalue weighted by Gasteiger charge is -2.27. The molecular weight excluding hydrogens is 354 g/mol. The molecule has 138 valence electrons. The van der Waals surface area contributed by atoms with E-state index < -0.39 is 15.9 Å². The van der Waals surface area contributed by atoms with Gasteiger partial charge in [0, 0.05) is 5.69 Å². The number of carbonyl (C=O) groups excluding carboxylic acids is 1. The summed E-state index contributed by atoms with van der Waals surface area (Å²) in [6.45, 7) is 0. The molecule has 0 fully saturated rings.